The van der Waals surface area contributed by atoms with Crippen LogP contribution in [0.4, 0.5) is 26.3 Å². The van der Waals surface area contributed by atoms with E-state index in [0.29, 0.717) is 5.54 Å². The number of piperidine rings is 1. The summed E-state index contributed by atoms with van der Waals surface area (Å²) in [5, 5.41) is 14.2. The quantitative estimate of drug-likeness (QED) is 0.545. The van der Waals surface area contributed by atoms with Crippen LogP contribution < -0.4 is 0 Å². The second-order valence-electron chi connectivity index (χ2n) is 8.62. The van der Waals surface area contributed by atoms with Gasteiger partial charge < -0.3 is 14.6 Å². The van der Waals surface area contributed by atoms with Crippen LogP contribution in [0.2, 0.25) is 0 Å². The zero-order chi connectivity index (χ0) is 27.7. The van der Waals surface area contributed by atoms with Crippen molar-refractivity contribution in [3.8, 4) is 0 Å². The van der Waals surface area contributed by atoms with Gasteiger partial charge in [-0.1, -0.05) is 6.07 Å². The average molecular weight is 539 g/mol. The molecule has 1 spiro atoms. The first-order valence-electron chi connectivity index (χ1n) is 11.2. The summed E-state index contributed by atoms with van der Waals surface area (Å²) >= 11 is 0. The minimum absolute atomic E-state index is 0.419. The Morgan fingerprint density at radius 1 is 0.919 bits per heavy atom. The Bertz CT molecular complexity index is 951. The number of nitrogens with zero attached hydrogens (tertiary/aromatic N) is 3. The summed E-state index contributed by atoms with van der Waals surface area (Å²) in [6.45, 7) is 5.69. The number of hydrogen-bond donors (Lipinski definition) is 2. The Hall–Kier alpha value is -3.13. The highest BCUT2D eigenvalue weighted by Gasteiger charge is 2.43. The molecule has 2 aromatic rings. The minimum Gasteiger partial charge on any atom is -0.475 e. The molecule has 206 valence electrons. The molecule has 0 amide bonds. The maximum Gasteiger partial charge on any atom is 0.490 e. The Morgan fingerprint density at radius 2 is 1.51 bits per heavy atom. The van der Waals surface area contributed by atoms with Crippen LogP contribution in [0.1, 0.15) is 36.8 Å². The number of alkyl halides is 6. The van der Waals surface area contributed by atoms with Gasteiger partial charge in [0.25, 0.3) is 0 Å². The summed E-state index contributed by atoms with van der Waals surface area (Å²) < 4.78 is 68.7. The smallest absolute Gasteiger partial charge is 0.475 e. The predicted molar refractivity (Wildman–Crippen MR) is 117 cm³/mol. The molecule has 0 bridgehead atoms. The number of halogens is 6. The van der Waals surface area contributed by atoms with Crippen LogP contribution in [0.5, 0.6) is 0 Å². The van der Waals surface area contributed by atoms with E-state index in [-0.39, 0.29) is 0 Å². The average Bonchev–Trinajstić information content (AvgIpc) is 3.46. The van der Waals surface area contributed by atoms with Gasteiger partial charge in [0.1, 0.15) is 0 Å². The van der Waals surface area contributed by atoms with Gasteiger partial charge in [-0.2, -0.15) is 26.3 Å². The molecule has 2 fully saturated rings. The van der Waals surface area contributed by atoms with Gasteiger partial charge in [0.05, 0.1) is 12.5 Å². The highest BCUT2D eigenvalue weighted by Crippen LogP contribution is 2.39. The molecule has 0 unspecified atom stereocenters. The number of carboxylic acids is 2. The molecule has 2 aliphatic heterocycles. The van der Waals surface area contributed by atoms with Crippen LogP contribution in [0, 0.1) is 0 Å². The number of aromatic nitrogens is 1. The van der Waals surface area contributed by atoms with Crippen LogP contribution in [0.25, 0.3) is 0 Å². The maximum atomic E-state index is 10.6. The van der Waals surface area contributed by atoms with Crippen LogP contribution in [-0.4, -0.2) is 74.5 Å². The van der Waals surface area contributed by atoms with Gasteiger partial charge in [0.15, 0.2) is 0 Å². The molecule has 0 aromatic carbocycles. The maximum absolute atomic E-state index is 10.6. The monoisotopic (exact) mass is 539 g/mol. The molecule has 4 heterocycles. The molecular weight excluding hydrogens is 512 g/mol. The molecule has 2 N–H and O–H groups in total. The Morgan fingerprint density at radius 3 is 1.97 bits per heavy atom. The summed E-state index contributed by atoms with van der Waals surface area (Å²) in [5.74, 6) is -5.51. The summed E-state index contributed by atoms with van der Waals surface area (Å²) in [6, 6.07) is 6.33. The molecule has 0 radical (unpaired) electrons. The first-order chi connectivity index (χ1) is 17.2. The van der Waals surface area contributed by atoms with E-state index in [2.05, 4.69) is 26.9 Å². The van der Waals surface area contributed by atoms with Gasteiger partial charge in [-0.05, 0) is 49.9 Å². The summed E-state index contributed by atoms with van der Waals surface area (Å²) in [6.07, 6.45) is 2.60. The van der Waals surface area contributed by atoms with E-state index in [1.54, 1.807) is 6.26 Å². The van der Waals surface area contributed by atoms with E-state index >= 15 is 0 Å². The fourth-order valence-electron chi connectivity index (χ4n) is 4.29. The Labute approximate surface area is 208 Å². The third-order valence-electron chi connectivity index (χ3n) is 6.10. The summed E-state index contributed by atoms with van der Waals surface area (Å²) in [7, 11) is 0. The third kappa shape index (κ3) is 9.69. The van der Waals surface area contributed by atoms with Crippen molar-refractivity contribution < 1.29 is 50.6 Å². The lowest BCUT2D eigenvalue weighted by atomic mass is 9.84. The first kappa shape index (κ1) is 30.1. The van der Waals surface area contributed by atoms with E-state index in [0.717, 1.165) is 13.1 Å². The lowest BCUT2D eigenvalue weighted by Crippen LogP contribution is -2.51. The first-order valence-corrected chi connectivity index (χ1v) is 11.2. The van der Waals surface area contributed by atoms with E-state index < -0.39 is 24.3 Å². The number of pyridine rings is 1. The van der Waals surface area contributed by atoms with Crippen molar-refractivity contribution in [1.82, 2.24) is 14.8 Å². The molecule has 4 rings (SSSR count). The largest absolute Gasteiger partial charge is 0.490 e. The van der Waals surface area contributed by atoms with Gasteiger partial charge in [-0.3, -0.25) is 14.8 Å². The molecule has 37 heavy (non-hydrogen) atoms. The standard InChI is InChI=1S/C19H25N3O.2C2HF3O2/c1-3-17(13-20-8-1)15-22-9-2-5-19(22)6-10-21(11-7-19)14-18-4-12-23-16-18;2*3-2(4,5)1(6)7/h1,3-4,8,12-13,16H,2,5-7,9-11,14-15H2;2*(H,6,7). The topological polar surface area (TPSA) is 107 Å². The van der Waals surface area contributed by atoms with Gasteiger partial charge in [-0.15, -0.1) is 0 Å². The van der Waals surface area contributed by atoms with Gasteiger partial charge in [-0.25, -0.2) is 9.59 Å². The van der Waals surface area contributed by atoms with Crippen LogP contribution >= 0.6 is 0 Å². The summed E-state index contributed by atoms with van der Waals surface area (Å²) in [5.41, 5.74) is 3.05. The molecule has 0 aliphatic carbocycles. The van der Waals surface area contributed by atoms with Crippen LogP contribution in [0.3, 0.4) is 0 Å². The predicted octanol–water partition coefficient (Wildman–Crippen LogP) is 4.57. The molecule has 0 saturated carbocycles. The third-order valence-corrected chi connectivity index (χ3v) is 6.10. The number of furan rings is 1. The van der Waals surface area contributed by atoms with Gasteiger partial charge in [0.2, 0.25) is 0 Å². The highest BCUT2D eigenvalue weighted by molar-refractivity contribution is 5.73. The van der Waals surface area contributed by atoms with Crippen molar-refractivity contribution in [3.05, 3.63) is 54.2 Å². The molecule has 2 saturated heterocycles. The van der Waals surface area contributed by atoms with E-state index in [4.69, 9.17) is 24.2 Å². The number of rotatable bonds is 4. The zero-order valence-corrected chi connectivity index (χ0v) is 19.6. The molecule has 2 aliphatic rings. The highest BCUT2D eigenvalue weighted by atomic mass is 19.4. The van der Waals surface area contributed by atoms with Crippen molar-refractivity contribution in [2.75, 3.05) is 19.6 Å². The Kier molecular flexibility index (Phi) is 10.5. The van der Waals surface area contributed by atoms with Crippen molar-refractivity contribution in [1.29, 1.82) is 0 Å². The summed E-state index contributed by atoms with van der Waals surface area (Å²) in [4.78, 5) is 27.3. The lowest BCUT2D eigenvalue weighted by Gasteiger charge is -2.45. The minimum atomic E-state index is -5.08. The number of carbonyl (C=O) groups is 2. The molecular formula is C23H27F6N3O5. The second-order valence-corrected chi connectivity index (χ2v) is 8.62. The molecule has 14 heteroatoms. The van der Waals surface area contributed by atoms with Crippen LogP contribution in [0.15, 0.2) is 47.5 Å². The number of carboxylic acid groups (broad SMARTS) is 2. The van der Waals surface area contributed by atoms with Gasteiger partial charge >= 0.3 is 24.3 Å². The zero-order valence-electron chi connectivity index (χ0n) is 19.6. The van der Waals surface area contributed by atoms with Crippen LogP contribution in [-0.2, 0) is 22.7 Å². The number of likely N-dealkylation sites (tertiary alicyclic amines) is 2. The molecule has 2 aromatic heterocycles. The van der Waals surface area contributed by atoms with Crippen molar-refractivity contribution in [2.24, 2.45) is 0 Å². The molecule has 8 nitrogen and oxygen atoms in total. The van der Waals surface area contributed by atoms with Crippen molar-refractivity contribution in [2.45, 2.75) is 56.7 Å². The van der Waals surface area contributed by atoms with E-state index in [1.807, 2.05) is 24.7 Å². The fourth-order valence-corrected chi connectivity index (χ4v) is 4.29. The van der Waals surface area contributed by atoms with Gasteiger partial charge in [0, 0.05) is 49.7 Å². The fraction of sp³-hybridized carbons (Fsp3) is 0.522. The van der Waals surface area contributed by atoms with E-state index in [1.165, 1.54) is 56.4 Å². The van der Waals surface area contributed by atoms with E-state index in [9.17, 15) is 26.3 Å². The lowest BCUT2D eigenvalue weighted by molar-refractivity contribution is -0.193. The van der Waals surface area contributed by atoms with Crippen molar-refractivity contribution in [3.63, 3.8) is 0 Å². The number of aliphatic carboxylic acids is 2. The SMILES string of the molecule is O=C(O)C(F)(F)F.O=C(O)C(F)(F)F.c1cncc(CN2CCCC23CCN(Cc2ccoc2)CC3)c1. The second kappa shape index (κ2) is 12.9. The normalized spacial score (nSPS) is 17.9. The van der Waals surface area contributed by atoms with Crippen molar-refractivity contribution >= 4 is 11.9 Å². The number of hydrogen-bond acceptors (Lipinski definition) is 6. The Balaban J connectivity index is 0.000000286. The molecule has 0 atom stereocenters.